The van der Waals surface area contributed by atoms with Gasteiger partial charge in [0.1, 0.15) is 0 Å². The van der Waals surface area contributed by atoms with Crippen molar-refractivity contribution in [3.05, 3.63) is 35.4 Å². The predicted octanol–water partition coefficient (Wildman–Crippen LogP) is 3.06. The van der Waals surface area contributed by atoms with Crippen LogP contribution in [0.3, 0.4) is 0 Å². The maximum atomic E-state index is 3.72. The number of fused-ring (bicyclic) bond motifs is 3. The minimum absolute atomic E-state index is 0.507. The quantitative estimate of drug-likeness (QED) is 0.680. The normalized spacial score (nSPS) is 34.3. The summed E-state index contributed by atoms with van der Waals surface area (Å²) in [6.45, 7) is 3.65. The highest BCUT2D eigenvalue weighted by Gasteiger charge is 2.40. The molecule has 1 aromatic carbocycles. The molecule has 1 fully saturated rings. The topological polar surface area (TPSA) is 12.0 Å². The van der Waals surface area contributed by atoms with Crippen molar-refractivity contribution in [2.24, 2.45) is 5.41 Å². The molecule has 1 nitrogen and oxygen atoms in total. The van der Waals surface area contributed by atoms with Crippen LogP contribution in [0.5, 0.6) is 0 Å². The van der Waals surface area contributed by atoms with Crippen LogP contribution in [0.4, 0.5) is 0 Å². The van der Waals surface area contributed by atoms with Gasteiger partial charge in [-0.1, -0.05) is 31.2 Å². The molecule has 0 saturated carbocycles. The fourth-order valence-electron chi connectivity index (χ4n) is 3.35. The number of rotatable bonds is 0. The first-order valence-electron chi connectivity index (χ1n) is 6.11. The number of benzene rings is 1. The first-order valence-corrected chi connectivity index (χ1v) is 6.11. The monoisotopic (exact) mass is 201 g/mol. The van der Waals surface area contributed by atoms with Gasteiger partial charge in [-0.3, -0.25) is 0 Å². The van der Waals surface area contributed by atoms with E-state index in [0.717, 1.165) is 0 Å². The summed E-state index contributed by atoms with van der Waals surface area (Å²) in [5, 5.41) is 3.72. The van der Waals surface area contributed by atoms with E-state index in [-0.39, 0.29) is 0 Å². The summed E-state index contributed by atoms with van der Waals surface area (Å²) in [7, 11) is 0. The summed E-state index contributed by atoms with van der Waals surface area (Å²) in [6, 6.07) is 9.57. The van der Waals surface area contributed by atoms with E-state index in [1.54, 1.807) is 11.1 Å². The molecule has 3 rings (SSSR count). The second kappa shape index (κ2) is 3.34. The lowest BCUT2D eigenvalue weighted by atomic mass is 9.65. The molecule has 0 radical (unpaired) electrons. The molecule has 0 amide bonds. The highest BCUT2D eigenvalue weighted by molar-refractivity contribution is 5.34. The van der Waals surface area contributed by atoms with E-state index < -0.39 is 0 Å². The fourth-order valence-corrected chi connectivity index (χ4v) is 3.35. The van der Waals surface area contributed by atoms with E-state index in [1.807, 2.05) is 0 Å². The lowest BCUT2D eigenvalue weighted by molar-refractivity contribution is 0.132. The van der Waals surface area contributed by atoms with Crippen LogP contribution in [-0.2, 0) is 6.42 Å². The maximum Gasteiger partial charge on any atom is 0.0377 e. The standard InChI is InChI=1S/C14H19N/c1-14-8-4-10-15-13(14)12-6-3-2-5-11(12)7-9-14/h2-3,5-6,13,15H,4,7-10H2,1H3/t13-,14-/m1/s1. The Bertz CT molecular complexity index is 371. The molecule has 2 atom stereocenters. The van der Waals surface area contributed by atoms with Gasteiger partial charge < -0.3 is 5.32 Å². The highest BCUT2D eigenvalue weighted by atomic mass is 15.0. The van der Waals surface area contributed by atoms with Gasteiger partial charge in [-0.15, -0.1) is 0 Å². The molecule has 0 unspecified atom stereocenters. The van der Waals surface area contributed by atoms with Crippen LogP contribution in [-0.4, -0.2) is 6.54 Å². The van der Waals surface area contributed by atoms with Crippen molar-refractivity contribution in [2.45, 2.75) is 38.6 Å². The Morgan fingerprint density at radius 1 is 1.27 bits per heavy atom. The van der Waals surface area contributed by atoms with E-state index in [1.165, 1.54) is 32.2 Å². The minimum atomic E-state index is 0.507. The molecule has 1 aliphatic heterocycles. The Balaban J connectivity index is 2.05. The highest BCUT2D eigenvalue weighted by Crippen LogP contribution is 2.48. The van der Waals surface area contributed by atoms with Gasteiger partial charge in [0, 0.05) is 6.04 Å². The average molecular weight is 201 g/mol. The van der Waals surface area contributed by atoms with Crippen LogP contribution in [0.2, 0.25) is 0 Å². The molecule has 1 heterocycles. The van der Waals surface area contributed by atoms with E-state index in [4.69, 9.17) is 0 Å². The summed E-state index contributed by atoms with van der Waals surface area (Å²) in [4.78, 5) is 0. The van der Waals surface area contributed by atoms with Crippen molar-refractivity contribution < 1.29 is 0 Å². The maximum absolute atomic E-state index is 3.72. The Labute approximate surface area is 91.9 Å². The largest absolute Gasteiger partial charge is 0.309 e. The molecule has 1 heteroatoms. The van der Waals surface area contributed by atoms with E-state index in [9.17, 15) is 0 Å². The minimum Gasteiger partial charge on any atom is -0.309 e. The molecule has 1 saturated heterocycles. The summed E-state index contributed by atoms with van der Waals surface area (Å²) >= 11 is 0. The Morgan fingerprint density at radius 3 is 3.07 bits per heavy atom. The molecule has 15 heavy (non-hydrogen) atoms. The van der Waals surface area contributed by atoms with Crippen molar-refractivity contribution in [3.63, 3.8) is 0 Å². The predicted molar refractivity (Wildman–Crippen MR) is 62.8 cm³/mol. The number of hydrogen-bond donors (Lipinski definition) is 1. The number of aryl methyl sites for hydroxylation is 1. The van der Waals surface area contributed by atoms with Crippen molar-refractivity contribution in [1.82, 2.24) is 5.32 Å². The zero-order valence-electron chi connectivity index (χ0n) is 9.42. The van der Waals surface area contributed by atoms with Crippen molar-refractivity contribution in [2.75, 3.05) is 6.54 Å². The second-order valence-corrected chi connectivity index (χ2v) is 5.34. The molecule has 1 aromatic rings. The molecule has 0 bridgehead atoms. The molecule has 80 valence electrons. The molecular weight excluding hydrogens is 182 g/mol. The van der Waals surface area contributed by atoms with Gasteiger partial charge in [0.2, 0.25) is 0 Å². The molecule has 0 spiro atoms. The van der Waals surface area contributed by atoms with Crippen LogP contribution in [0, 0.1) is 5.41 Å². The third-order valence-electron chi connectivity index (χ3n) is 4.30. The first-order chi connectivity index (χ1) is 7.30. The van der Waals surface area contributed by atoms with Gasteiger partial charge >= 0.3 is 0 Å². The summed E-state index contributed by atoms with van der Waals surface area (Å²) in [6.07, 6.45) is 5.35. The van der Waals surface area contributed by atoms with Crippen LogP contribution < -0.4 is 5.32 Å². The van der Waals surface area contributed by atoms with E-state index in [2.05, 4.69) is 36.5 Å². The molecule has 1 N–H and O–H groups in total. The van der Waals surface area contributed by atoms with Crippen molar-refractivity contribution in [1.29, 1.82) is 0 Å². The first kappa shape index (κ1) is 9.41. The van der Waals surface area contributed by atoms with Crippen LogP contribution in [0.25, 0.3) is 0 Å². The molecule has 1 aliphatic carbocycles. The third-order valence-corrected chi connectivity index (χ3v) is 4.30. The van der Waals surface area contributed by atoms with Gasteiger partial charge in [-0.25, -0.2) is 0 Å². The fraction of sp³-hybridized carbons (Fsp3) is 0.571. The molecule has 2 aliphatic rings. The van der Waals surface area contributed by atoms with E-state index in [0.29, 0.717) is 11.5 Å². The number of nitrogens with one attached hydrogen (secondary N) is 1. The van der Waals surface area contributed by atoms with E-state index >= 15 is 0 Å². The van der Waals surface area contributed by atoms with Crippen LogP contribution in [0.1, 0.15) is 43.4 Å². The second-order valence-electron chi connectivity index (χ2n) is 5.34. The summed E-state index contributed by atoms with van der Waals surface area (Å²) in [5.74, 6) is 0. The zero-order valence-corrected chi connectivity index (χ0v) is 9.42. The Morgan fingerprint density at radius 2 is 2.13 bits per heavy atom. The third kappa shape index (κ3) is 1.41. The zero-order chi connectivity index (χ0) is 10.3. The van der Waals surface area contributed by atoms with Crippen LogP contribution in [0.15, 0.2) is 24.3 Å². The van der Waals surface area contributed by atoms with Crippen molar-refractivity contribution >= 4 is 0 Å². The van der Waals surface area contributed by atoms with Gasteiger partial charge in [-0.2, -0.15) is 0 Å². The van der Waals surface area contributed by atoms with Gasteiger partial charge in [0.25, 0.3) is 0 Å². The van der Waals surface area contributed by atoms with Gasteiger partial charge in [-0.05, 0) is 48.8 Å². The number of hydrogen-bond acceptors (Lipinski definition) is 1. The molecule has 0 aromatic heterocycles. The Kier molecular flexibility index (Phi) is 2.10. The Hall–Kier alpha value is -0.820. The average Bonchev–Trinajstić information content (AvgIpc) is 2.28. The van der Waals surface area contributed by atoms with Gasteiger partial charge in [0.05, 0.1) is 0 Å². The van der Waals surface area contributed by atoms with Crippen molar-refractivity contribution in [3.8, 4) is 0 Å². The smallest absolute Gasteiger partial charge is 0.0377 e. The van der Waals surface area contributed by atoms with Crippen LogP contribution >= 0.6 is 0 Å². The molecular formula is C14H19N. The SMILES string of the molecule is C[C@]12CCCN[C@@H]1c1ccccc1CC2. The lowest BCUT2D eigenvalue weighted by Gasteiger charge is -2.46. The number of piperidine rings is 1. The van der Waals surface area contributed by atoms with Gasteiger partial charge in [0.15, 0.2) is 0 Å². The lowest BCUT2D eigenvalue weighted by Crippen LogP contribution is -2.44. The summed E-state index contributed by atoms with van der Waals surface area (Å²) in [5.41, 5.74) is 3.63. The summed E-state index contributed by atoms with van der Waals surface area (Å²) < 4.78 is 0.